The van der Waals surface area contributed by atoms with Gasteiger partial charge < -0.3 is 14.4 Å². The molecule has 0 aliphatic rings. The molecule has 0 N–H and O–H groups in total. The molecule has 0 atom stereocenters. The smallest absolute Gasteiger partial charge is 0.165 e. The second-order valence-corrected chi connectivity index (χ2v) is 23.8. The quantitative estimate of drug-likeness (QED) is 0.0977. The van der Waals surface area contributed by atoms with Gasteiger partial charge >= 0.3 is 0 Å². The number of nitrogens with zero attached hydrogens (tertiary/aromatic N) is 5. The van der Waals surface area contributed by atoms with Crippen LogP contribution in [0, 0.1) is 5.82 Å². The van der Waals surface area contributed by atoms with Crippen LogP contribution in [-0.4, -0.2) is 62.4 Å². The molecule has 0 amide bonds. The molecule has 4 rings (SSSR count). The van der Waals surface area contributed by atoms with Crippen molar-refractivity contribution < 1.29 is 13.9 Å². The van der Waals surface area contributed by atoms with Crippen molar-refractivity contribution in [3.63, 3.8) is 0 Å². The Morgan fingerprint density at radius 3 is 2.18 bits per heavy atom. The van der Waals surface area contributed by atoms with Gasteiger partial charge in [0, 0.05) is 63.8 Å². The Balaban J connectivity index is 1.68. The van der Waals surface area contributed by atoms with Gasteiger partial charge in [0.2, 0.25) is 0 Å². The van der Waals surface area contributed by atoms with E-state index in [9.17, 15) is 4.39 Å². The molecule has 4 aromatic rings. The fourth-order valence-corrected chi connectivity index (χ4v) is 5.64. The maximum atomic E-state index is 13.9. The van der Waals surface area contributed by atoms with Crippen LogP contribution in [0.4, 0.5) is 10.2 Å². The summed E-state index contributed by atoms with van der Waals surface area (Å²) in [6.07, 6.45) is 4.38. The second-order valence-electron chi connectivity index (χ2n) is 12.5. The van der Waals surface area contributed by atoms with Crippen LogP contribution >= 0.6 is 0 Å². The van der Waals surface area contributed by atoms with Gasteiger partial charge in [-0.05, 0) is 42.8 Å². The summed E-state index contributed by atoms with van der Waals surface area (Å²) < 4.78 is 28.1. The first-order chi connectivity index (χ1) is 18.4. The fourth-order valence-electron chi connectivity index (χ4n) is 4.13. The first-order valence-corrected chi connectivity index (χ1v) is 21.2. The number of halogens is 1. The fraction of sp³-hybridized carbons (Fsp3) is 0.483. The third-order valence-electron chi connectivity index (χ3n) is 6.63. The van der Waals surface area contributed by atoms with Gasteiger partial charge in [0.1, 0.15) is 25.1 Å². The second kappa shape index (κ2) is 12.2. The van der Waals surface area contributed by atoms with Crippen molar-refractivity contribution in [1.29, 1.82) is 0 Å². The van der Waals surface area contributed by atoms with Gasteiger partial charge in [0.25, 0.3) is 0 Å². The van der Waals surface area contributed by atoms with E-state index in [0.717, 1.165) is 70.9 Å². The van der Waals surface area contributed by atoms with Crippen molar-refractivity contribution in [3.05, 3.63) is 54.2 Å². The minimum atomic E-state index is -1.20. The van der Waals surface area contributed by atoms with E-state index in [-0.39, 0.29) is 5.82 Å². The first kappa shape index (κ1) is 29.3. The lowest BCUT2D eigenvalue weighted by atomic mass is 10.1. The lowest BCUT2D eigenvalue weighted by molar-refractivity contribution is 0.0942. The lowest BCUT2D eigenvalue weighted by Crippen LogP contribution is -2.33. The predicted octanol–water partition coefficient (Wildman–Crippen LogP) is 7.08. The first-order valence-electron chi connectivity index (χ1n) is 13.8. The summed E-state index contributed by atoms with van der Waals surface area (Å²) in [6.45, 7) is 18.5. The number of pyridine rings is 1. The molecule has 0 spiro atoms. The van der Waals surface area contributed by atoms with Crippen molar-refractivity contribution in [2.75, 3.05) is 31.6 Å². The maximum absolute atomic E-state index is 13.9. The molecular weight excluding hydrogens is 526 g/mol. The van der Waals surface area contributed by atoms with E-state index in [1.807, 2.05) is 16.8 Å². The van der Waals surface area contributed by atoms with E-state index in [2.05, 4.69) is 62.2 Å². The molecular formula is C29H42FN5O2Si2. The molecule has 210 valence electrons. The molecule has 0 aliphatic heterocycles. The number of aromatic nitrogens is 4. The average Bonchev–Trinajstić information content (AvgIpc) is 3.29. The number of anilines is 1. The number of ether oxygens (including phenoxy) is 2. The Kier molecular flexibility index (Phi) is 9.20. The minimum Gasteiger partial charge on any atom is -0.361 e. The SMILES string of the molecule is CCc1cc(N(COCC[Si](C)(C)C)COCC[Si](C)(C)C)n2ncc(-c3cnc4ccc(F)cc4c3)c2n1. The van der Waals surface area contributed by atoms with Crippen molar-refractivity contribution in [3.8, 4) is 11.1 Å². The van der Waals surface area contributed by atoms with E-state index < -0.39 is 16.1 Å². The van der Waals surface area contributed by atoms with E-state index >= 15 is 0 Å². The van der Waals surface area contributed by atoms with Crippen molar-refractivity contribution in [1.82, 2.24) is 19.6 Å². The zero-order valence-corrected chi connectivity index (χ0v) is 26.4. The van der Waals surface area contributed by atoms with Crippen LogP contribution in [0.25, 0.3) is 27.7 Å². The summed E-state index contributed by atoms with van der Waals surface area (Å²) in [5, 5.41) is 5.48. The summed E-state index contributed by atoms with van der Waals surface area (Å²) in [5.41, 5.74) is 4.13. The topological polar surface area (TPSA) is 64.8 Å². The summed E-state index contributed by atoms with van der Waals surface area (Å²) in [4.78, 5) is 11.6. The Hall–Kier alpha value is -2.67. The van der Waals surface area contributed by atoms with E-state index in [0.29, 0.717) is 13.5 Å². The van der Waals surface area contributed by atoms with Crippen LogP contribution in [0.5, 0.6) is 0 Å². The molecule has 0 fully saturated rings. The molecule has 1 aromatic carbocycles. The minimum absolute atomic E-state index is 0.283. The number of rotatable bonds is 13. The summed E-state index contributed by atoms with van der Waals surface area (Å²) in [7, 11) is -2.41. The van der Waals surface area contributed by atoms with Crippen LogP contribution in [-0.2, 0) is 15.9 Å². The summed E-state index contributed by atoms with van der Waals surface area (Å²) in [5.74, 6) is 0.595. The van der Waals surface area contributed by atoms with Crippen molar-refractivity contribution in [2.24, 2.45) is 0 Å². The zero-order chi connectivity index (χ0) is 28.2. The Bertz CT molecular complexity index is 1390. The largest absolute Gasteiger partial charge is 0.361 e. The van der Waals surface area contributed by atoms with Gasteiger partial charge in [-0.1, -0.05) is 46.2 Å². The summed E-state index contributed by atoms with van der Waals surface area (Å²) >= 11 is 0. The number of hydrogen-bond acceptors (Lipinski definition) is 6. The Morgan fingerprint density at radius 1 is 0.897 bits per heavy atom. The highest BCUT2D eigenvalue weighted by molar-refractivity contribution is 6.76. The molecule has 0 radical (unpaired) electrons. The van der Waals surface area contributed by atoms with E-state index in [1.165, 1.54) is 12.1 Å². The lowest BCUT2D eigenvalue weighted by Gasteiger charge is -2.26. The van der Waals surface area contributed by atoms with Gasteiger partial charge in [-0.15, -0.1) is 0 Å². The monoisotopic (exact) mass is 567 g/mol. The normalized spacial score (nSPS) is 12.5. The van der Waals surface area contributed by atoms with Crippen LogP contribution in [0.1, 0.15) is 12.6 Å². The van der Waals surface area contributed by atoms with Gasteiger partial charge in [-0.25, -0.2) is 9.37 Å². The number of aryl methyl sites for hydroxylation is 1. The van der Waals surface area contributed by atoms with Gasteiger partial charge in [-0.3, -0.25) is 4.98 Å². The van der Waals surface area contributed by atoms with Gasteiger partial charge in [0.05, 0.1) is 11.7 Å². The number of hydrogen-bond donors (Lipinski definition) is 0. The number of fused-ring (bicyclic) bond motifs is 2. The zero-order valence-electron chi connectivity index (χ0n) is 24.4. The van der Waals surface area contributed by atoms with Crippen LogP contribution in [0.2, 0.25) is 51.4 Å². The Morgan fingerprint density at radius 2 is 1.56 bits per heavy atom. The van der Waals surface area contributed by atoms with E-state index in [1.54, 1.807) is 12.3 Å². The van der Waals surface area contributed by atoms with Crippen LogP contribution in [0.15, 0.2) is 42.7 Å². The van der Waals surface area contributed by atoms with E-state index in [4.69, 9.17) is 19.6 Å². The number of benzene rings is 1. The third-order valence-corrected chi connectivity index (χ3v) is 10.0. The maximum Gasteiger partial charge on any atom is 0.165 e. The molecule has 0 unspecified atom stereocenters. The molecule has 10 heteroatoms. The third kappa shape index (κ3) is 7.94. The molecule has 7 nitrogen and oxygen atoms in total. The van der Waals surface area contributed by atoms with Crippen molar-refractivity contribution >= 4 is 38.5 Å². The molecule has 0 saturated carbocycles. The van der Waals surface area contributed by atoms with Gasteiger partial charge in [0.15, 0.2) is 5.65 Å². The van der Waals surface area contributed by atoms with Crippen LogP contribution in [0.3, 0.4) is 0 Å². The molecule has 0 bridgehead atoms. The Labute approximate surface area is 233 Å². The molecule has 0 aliphatic carbocycles. The standard InChI is InChI=1S/C29H42FN5O2Si2/c1-8-25-17-28(34(20-36-11-13-38(2,3)4)21-37-12-14-39(5,6)7)35-29(33-25)26(19-32-35)23-15-22-16-24(30)9-10-27(22)31-18-23/h9-10,15-19H,8,11-14,20-21H2,1-7H3. The molecule has 3 heterocycles. The highest BCUT2D eigenvalue weighted by Crippen LogP contribution is 2.29. The van der Waals surface area contributed by atoms with Gasteiger partial charge in [-0.2, -0.15) is 9.61 Å². The highest BCUT2D eigenvalue weighted by Gasteiger charge is 2.20. The molecule has 3 aromatic heterocycles. The highest BCUT2D eigenvalue weighted by atomic mass is 28.3. The van der Waals surface area contributed by atoms with Crippen molar-refractivity contribution in [2.45, 2.75) is 64.7 Å². The van der Waals surface area contributed by atoms with Crippen LogP contribution < -0.4 is 4.90 Å². The predicted molar refractivity (Wildman–Crippen MR) is 163 cm³/mol. The molecule has 0 saturated heterocycles. The molecule has 39 heavy (non-hydrogen) atoms. The average molecular weight is 568 g/mol. The summed E-state index contributed by atoms with van der Waals surface area (Å²) in [6, 6.07) is 10.8.